The lowest BCUT2D eigenvalue weighted by Crippen LogP contribution is -2.35. The molecule has 3 N–H and O–H groups in total. The number of carbonyl (C=O) groups excluding carboxylic acids is 1. The van der Waals surface area contributed by atoms with Crippen molar-refractivity contribution < 1.29 is 13.6 Å². The van der Waals surface area contributed by atoms with E-state index in [2.05, 4.69) is 5.32 Å². The fourth-order valence-electron chi connectivity index (χ4n) is 1.42. The molecule has 0 heterocycles. The number of halogens is 2. The lowest BCUT2D eigenvalue weighted by molar-refractivity contribution is -0.117. The Morgan fingerprint density at radius 2 is 1.94 bits per heavy atom. The molecule has 0 aliphatic heterocycles. The molecule has 0 saturated carbocycles. The Morgan fingerprint density at radius 3 is 2.47 bits per heavy atom. The highest BCUT2D eigenvalue weighted by Crippen LogP contribution is 2.13. The third-order valence-electron chi connectivity index (χ3n) is 2.34. The molecule has 17 heavy (non-hydrogen) atoms. The zero-order valence-corrected chi connectivity index (χ0v) is 9.67. The largest absolute Gasteiger partial charge is 0.325 e. The van der Waals surface area contributed by atoms with Crippen LogP contribution in [0.5, 0.6) is 0 Å². The molecule has 1 aromatic rings. The molecule has 94 valence electrons. The number of hydrogen-bond donors (Lipinski definition) is 2. The molecule has 1 amide bonds. The van der Waals surface area contributed by atoms with E-state index in [0.717, 1.165) is 31.0 Å². The van der Waals surface area contributed by atoms with Crippen LogP contribution in [0, 0.1) is 11.6 Å². The molecule has 3 nitrogen and oxygen atoms in total. The monoisotopic (exact) mass is 242 g/mol. The summed E-state index contributed by atoms with van der Waals surface area (Å²) in [6.07, 6.45) is 2.34. The summed E-state index contributed by atoms with van der Waals surface area (Å²) >= 11 is 0. The van der Waals surface area contributed by atoms with Crippen molar-refractivity contribution in [3.05, 3.63) is 29.8 Å². The molecule has 0 saturated heterocycles. The number of nitrogens with one attached hydrogen (secondary N) is 1. The Bertz CT molecular complexity index is 376. The topological polar surface area (TPSA) is 55.1 Å². The average Bonchev–Trinajstić information content (AvgIpc) is 2.24. The van der Waals surface area contributed by atoms with Crippen molar-refractivity contribution in [1.82, 2.24) is 0 Å². The van der Waals surface area contributed by atoms with Crippen LogP contribution in [0.25, 0.3) is 0 Å². The van der Waals surface area contributed by atoms with Crippen LogP contribution in [0.2, 0.25) is 0 Å². The number of hydrogen-bond acceptors (Lipinski definition) is 2. The Morgan fingerprint density at radius 1 is 1.35 bits per heavy atom. The maximum atomic E-state index is 12.9. The molecule has 1 aromatic carbocycles. The highest BCUT2D eigenvalue weighted by molar-refractivity contribution is 5.94. The van der Waals surface area contributed by atoms with Crippen LogP contribution in [0.1, 0.15) is 26.2 Å². The summed E-state index contributed by atoms with van der Waals surface area (Å²) in [5, 5.41) is 2.39. The minimum atomic E-state index is -0.734. The maximum Gasteiger partial charge on any atom is 0.241 e. The van der Waals surface area contributed by atoms with Crippen molar-refractivity contribution >= 4 is 11.6 Å². The van der Waals surface area contributed by atoms with Gasteiger partial charge in [-0.25, -0.2) is 8.78 Å². The van der Waals surface area contributed by atoms with Crippen LogP contribution in [-0.4, -0.2) is 11.9 Å². The molecule has 0 spiro atoms. The Kier molecular flexibility index (Phi) is 5.03. The van der Waals surface area contributed by atoms with Crippen LogP contribution in [0.3, 0.4) is 0 Å². The van der Waals surface area contributed by atoms with Crippen molar-refractivity contribution in [1.29, 1.82) is 0 Å². The summed E-state index contributed by atoms with van der Waals surface area (Å²) in [4.78, 5) is 11.6. The van der Waals surface area contributed by atoms with Crippen LogP contribution in [0.4, 0.5) is 14.5 Å². The van der Waals surface area contributed by atoms with Gasteiger partial charge in [0.15, 0.2) is 0 Å². The molecular weight excluding hydrogens is 226 g/mol. The van der Waals surface area contributed by atoms with Gasteiger partial charge in [0.25, 0.3) is 0 Å². The molecule has 0 aromatic heterocycles. The lowest BCUT2D eigenvalue weighted by atomic mass is 10.1. The van der Waals surface area contributed by atoms with Gasteiger partial charge >= 0.3 is 0 Å². The molecule has 1 atom stereocenters. The van der Waals surface area contributed by atoms with E-state index in [-0.39, 0.29) is 5.69 Å². The summed E-state index contributed by atoms with van der Waals surface area (Å²) in [5.74, 6) is -1.90. The third kappa shape index (κ3) is 4.48. The number of anilines is 1. The fourth-order valence-corrected chi connectivity index (χ4v) is 1.42. The first-order chi connectivity index (χ1) is 8.02. The summed E-state index contributed by atoms with van der Waals surface area (Å²) in [6.45, 7) is 1.99. The zero-order valence-electron chi connectivity index (χ0n) is 9.67. The van der Waals surface area contributed by atoms with Crippen molar-refractivity contribution in [3.63, 3.8) is 0 Å². The van der Waals surface area contributed by atoms with Gasteiger partial charge in [0, 0.05) is 11.8 Å². The van der Waals surface area contributed by atoms with Gasteiger partial charge in [-0.05, 0) is 18.6 Å². The predicted octanol–water partition coefficient (Wildman–Crippen LogP) is 2.42. The Hall–Kier alpha value is -1.49. The first kappa shape index (κ1) is 13.6. The van der Waals surface area contributed by atoms with Gasteiger partial charge in [-0.1, -0.05) is 19.8 Å². The van der Waals surface area contributed by atoms with E-state index in [4.69, 9.17) is 5.73 Å². The van der Waals surface area contributed by atoms with E-state index in [9.17, 15) is 13.6 Å². The van der Waals surface area contributed by atoms with E-state index >= 15 is 0 Å². The second kappa shape index (κ2) is 6.30. The summed E-state index contributed by atoms with van der Waals surface area (Å²) < 4.78 is 25.7. The van der Waals surface area contributed by atoms with Crippen LogP contribution < -0.4 is 11.1 Å². The Balaban J connectivity index is 2.61. The minimum absolute atomic E-state index is 0.0828. The second-order valence-electron chi connectivity index (χ2n) is 3.90. The summed E-state index contributed by atoms with van der Waals surface area (Å²) in [5.41, 5.74) is 5.71. The van der Waals surface area contributed by atoms with E-state index in [1.54, 1.807) is 0 Å². The van der Waals surface area contributed by atoms with E-state index in [0.29, 0.717) is 6.42 Å². The normalized spacial score (nSPS) is 12.2. The molecule has 0 bridgehead atoms. The number of unbranched alkanes of at least 4 members (excludes halogenated alkanes) is 1. The minimum Gasteiger partial charge on any atom is -0.325 e. The molecule has 1 unspecified atom stereocenters. The van der Waals surface area contributed by atoms with E-state index in [1.165, 1.54) is 0 Å². The fraction of sp³-hybridized carbons (Fsp3) is 0.417. The van der Waals surface area contributed by atoms with Gasteiger partial charge < -0.3 is 11.1 Å². The number of rotatable bonds is 5. The summed E-state index contributed by atoms with van der Waals surface area (Å²) in [6, 6.07) is 2.19. The third-order valence-corrected chi connectivity index (χ3v) is 2.34. The first-order valence-electron chi connectivity index (χ1n) is 5.55. The van der Waals surface area contributed by atoms with Gasteiger partial charge in [0.2, 0.25) is 5.91 Å². The lowest BCUT2D eigenvalue weighted by Gasteiger charge is -2.11. The highest BCUT2D eigenvalue weighted by Gasteiger charge is 2.13. The molecule has 0 aliphatic carbocycles. The van der Waals surface area contributed by atoms with E-state index < -0.39 is 23.6 Å². The average molecular weight is 242 g/mol. The quantitative estimate of drug-likeness (QED) is 0.833. The highest BCUT2D eigenvalue weighted by atomic mass is 19.1. The van der Waals surface area contributed by atoms with E-state index in [1.807, 2.05) is 6.92 Å². The first-order valence-corrected chi connectivity index (χ1v) is 5.55. The molecule has 0 aliphatic rings. The smallest absolute Gasteiger partial charge is 0.241 e. The van der Waals surface area contributed by atoms with Crippen LogP contribution in [-0.2, 0) is 4.79 Å². The molecule has 5 heteroatoms. The Labute approximate surface area is 99.0 Å². The predicted molar refractivity (Wildman–Crippen MR) is 62.5 cm³/mol. The van der Waals surface area contributed by atoms with Gasteiger partial charge in [-0.15, -0.1) is 0 Å². The molecule has 0 fully saturated rings. The SMILES string of the molecule is CCCCC(N)C(=O)Nc1cc(F)cc(F)c1. The standard InChI is InChI=1S/C12H16F2N2O/c1-2-3-4-11(15)12(17)16-10-6-8(13)5-9(14)7-10/h5-7,11H,2-4,15H2,1H3,(H,16,17). The molecule has 0 radical (unpaired) electrons. The number of benzene rings is 1. The van der Waals surface area contributed by atoms with Gasteiger partial charge in [0.1, 0.15) is 11.6 Å². The number of nitrogens with two attached hydrogens (primary N) is 1. The van der Waals surface area contributed by atoms with Gasteiger partial charge in [0.05, 0.1) is 6.04 Å². The number of amides is 1. The second-order valence-corrected chi connectivity index (χ2v) is 3.90. The molecular formula is C12H16F2N2O. The van der Waals surface area contributed by atoms with Crippen LogP contribution in [0.15, 0.2) is 18.2 Å². The zero-order chi connectivity index (χ0) is 12.8. The van der Waals surface area contributed by atoms with Crippen molar-refractivity contribution in [3.8, 4) is 0 Å². The number of carbonyl (C=O) groups is 1. The van der Waals surface area contributed by atoms with Crippen molar-refractivity contribution in [2.75, 3.05) is 5.32 Å². The summed E-state index contributed by atoms with van der Waals surface area (Å²) in [7, 11) is 0. The van der Waals surface area contributed by atoms with Crippen LogP contribution >= 0.6 is 0 Å². The van der Waals surface area contributed by atoms with Crippen molar-refractivity contribution in [2.45, 2.75) is 32.2 Å². The van der Waals surface area contributed by atoms with Gasteiger partial charge in [-0.3, -0.25) is 4.79 Å². The maximum absolute atomic E-state index is 12.9. The van der Waals surface area contributed by atoms with Gasteiger partial charge in [-0.2, -0.15) is 0 Å². The molecule has 1 rings (SSSR count). The van der Waals surface area contributed by atoms with Crippen molar-refractivity contribution in [2.24, 2.45) is 5.73 Å².